The number of aliphatic hydroxyl groups excluding tert-OH is 1. The van der Waals surface area contributed by atoms with Crippen LogP contribution in [0.25, 0.3) is 0 Å². The van der Waals surface area contributed by atoms with Crippen LogP contribution in [0.5, 0.6) is 0 Å². The number of anilines is 2. The van der Waals surface area contributed by atoms with Gasteiger partial charge in [0, 0.05) is 25.7 Å². The summed E-state index contributed by atoms with van der Waals surface area (Å²) < 4.78 is 0. The van der Waals surface area contributed by atoms with Gasteiger partial charge in [0.05, 0.1) is 10.0 Å². The summed E-state index contributed by atoms with van der Waals surface area (Å²) in [5.41, 5.74) is 0. The lowest BCUT2D eigenvalue weighted by molar-refractivity contribution is 0.288. The molecule has 0 radical (unpaired) electrons. The maximum absolute atomic E-state index is 9.01. The summed E-state index contributed by atoms with van der Waals surface area (Å²) in [4.78, 5) is 6.63. The maximum atomic E-state index is 9.01. The average molecular weight is 320 g/mol. The van der Waals surface area contributed by atoms with Gasteiger partial charge in [-0.05, 0) is 32.8 Å². The van der Waals surface area contributed by atoms with E-state index in [1.165, 1.54) is 0 Å². The van der Waals surface area contributed by atoms with Crippen molar-refractivity contribution in [3.05, 3.63) is 16.1 Å². The van der Waals surface area contributed by atoms with Gasteiger partial charge in [-0.25, -0.2) is 4.98 Å². The van der Waals surface area contributed by atoms with Crippen LogP contribution in [0.2, 0.25) is 10.0 Å². The molecule has 6 heteroatoms. The van der Waals surface area contributed by atoms with Crippen LogP contribution < -0.4 is 10.2 Å². The third-order valence-electron chi connectivity index (χ3n) is 2.91. The molecular weight excluding hydrogens is 297 g/mol. The molecule has 0 saturated carbocycles. The molecule has 1 aromatic rings. The molecule has 0 aliphatic heterocycles. The fourth-order valence-corrected chi connectivity index (χ4v) is 2.41. The molecular formula is C14H23Cl2N3O. The second kappa shape index (κ2) is 8.55. The summed E-state index contributed by atoms with van der Waals surface area (Å²) >= 11 is 12.4. The van der Waals surface area contributed by atoms with Crippen molar-refractivity contribution in [1.29, 1.82) is 0 Å². The Hall–Kier alpha value is -0.710. The highest BCUT2D eigenvalue weighted by atomic mass is 35.5. The van der Waals surface area contributed by atoms with E-state index in [1.54, 1.807) is 6.07 Å². The SMILES string of the molecule is CCCNc1nc(N(CCCO)C(C)C)c(Cl)cc1Cl. The second-order valence-corrected chi connectivity index (χ2v) is 5.73. The van der Waals surface area contributed by atoms with Crippen molar-refractivity contribution in [2.24, 2.45) is 0 Å². The Morgan fingerprint density at radius 2 is 2.05 bits per heavy atom. The van der Waals surface area contributed by atoms with Gasteiger partial charge in [-0.1, -0.05) is 30.1 Å². The summed E-state index contributed by atoms with van der Waals surface area (Å²) in [6.45, 7) is 7.89. The number of rotatable bonds is 8. The minimum absolute atomic E-state index is 0.148. The maximum Gasteiger partial charge on any atom is 0.150 e. The molecule has 0 spiro atoms. The van der Waals surface area contributed by atoms with Crippen LogP contribution in [0, 0.1) is 0 Å². The molecule has 0 aliphatic rings. The van der Waals surface area contributed by atoms with Gasteiger partial charge in [0.1, 0.15) is 11.6 Å². The van der Waals surface area contributed by atoms with E-state index >= 15 is 0 Å². The Bertz CT molecular complexity index is 427. The monoisotopic (exact) mass is 319 g/mol. The largest absolute Gasteiger partial charge is 0.396 e. The number of pyridine rings is 1. The molecule has 0 aliphatic carbocycles. The molecule has 4 nitrogen and oxygen atoms in total. The first-order valence-corrected chi connectivity index (χ1v) is 7.74. The molecule has 1 rings (SSSR count). The molecule has 1 aromatic heterocycles. The predicted octanol–water partition coefficient (Wildman–Crippen LogP) is 3.81. The Morgan fingerprint density at radius 3 is 2.60 bits per heavy atom. The van der Waals surface area contributed by atoms with Gasteiger partial charge in [0.25, 0.3) is 0 Å². The number of hydrogen-bond donors (Lipinski definition) is 2. The zero-order valence-corrected chi connectivity index (χ0v) is 13.8. The minimum atomic E-state index is 0.148. The topological polar surface area (TPSA) is 48.4 Å². The van der Waals surface area contributed by atoms with Crippen LogP contribution in [0.4, 0.5) is 11.6 Å². The molecule has 0 aromatic carbocycles. The lowest BCUT2D eigenvalue weighted by atomic mass is 10.2. The Balaban J connectivity index is 3.06. The fourth-order valence-electron chi connectivity index (χ4n) is 1.88. The molecule has 0 fully saturated rings. The zero-order valence-electron chi connectivity index (χ0n) is 12.3. The molecule has 0 unspecified atom stereocenters. The molecule has 0 amide bonds. The van der Waals surface area contributed by atoms with Gasteiger partial charge in [0.2, 0.25) is 0 Å². The van der Waals surface area contributed by atoms with Crippen LogP contribution in [-0.4, -0.2) is 35.8 Å². The Labute approximate surface area is 131 Å². The van der Waals surface area contributed by atoms with E-state index < -0.39 is 0 Å². The quantitative estimate of drug-likeness (QED) is 0.765. The first-order valence-electron chi connectivity index (χ1n) is 6.98. The number of nitrogens with zero attached hydrogens (tertiary/aromatic N) is 2. The number of hydrogen-bond acceptors (Lipinski definition) is 4. The van der Waals surface area contributed by atoms with Gasteiger partial charge in [0.15, 0.2) is 0 Å². The highest BCUT2D eigenvalue weighted by Gasteiger charge is 2.17. The van der Waals surface area contributed by atoms with E-state index in [4.69, 9.17) is 28.3 Å². The number of halogens is 2. The lowest BCUT2D eigenvalue weighted by Gasteiger charge is -2.29. The summed E-state index contributed by atoms with van der Waals surface area (Å²) in [7, 11) is 0. The number of aliphatic hydroxyl groups is 1. The minimum Gasteiger partial charge on any atom is -0.396 e. The van der Waals surface area contributed by atoms with Crippen LogP contribution in [0.15, 0.2) is 6.07 Å². The molecule has 20 heavy (non-hydrogen) atoms. The van der Waals surface area contributed by atoms with Crippen molar-refractivity contribution in [2.75, 3.05) is 29.9 Å². The molecule has 114 valence electrons. The first kappa shape index (κ1) is 17.3. The summed E-state index contributed by atoms with van der Waals surface area (Å²) in [5.74, 6) is 1.36. The second-order valence-electron chi connectivity index (χ2n) is 4.92. The van der Waals surface area contributed by atoms with Gasteiger partial charge in [-0.15, -0.1) is 0 Å². The Kier molecular flexibility index (Phi) is 7.41. The van der Waals surface area contributed by atoms with Gasteiger partial charge >= 0.3 is 0 Å². The van der Waals surface area contributed by atoms with Crippen LogP contribution >= 0.6 is 23.2 Å². The summed E-state index contributed by atoms with van der Waals surface area (Å²) in [6.07, 6.45) is 1.67. The number of aromatic nitrogens is 1. The van der Waals surface area contributed by atoms with Crippen LogP contribution in [0.1, 0.15) is 33.6 Å². The molecule has 1 heterocycles. The van der Waals surface area contributed by atoms with E-state index in [0.29, 0.717) is 34.6 Å². The van der Waals surface area contributed by atoms with Crippen molar-refractivity contribution in [2.45, 2.75) is 39.7 Å². The van der Waals surface area contributed by atoms with Crippen molar-refractivity contribution in [3.8, 4) is 0 Å². The van der Waals surface area contributed by atoms with Crippen molar-refractivity contribution in [1.82, 2.24) is 4.98 Å². The van der Waals surface area contributed by atoms with Crippen LogP contribution in [0.3, 0.4) is 0 Å². The van der Waals surface area contributed by atoms with E-state index in [1.807, 2.05) is 0 Å². The van der Waals surface area contributed by atoms with Gasteiger partial charge < -0.3 is 15.3 Å². The molecule has 2 N–H and O–H groups in total. The van der Waals surface area contributed by atoms with Gasteiger partial charge in [-0.2, -0.15) is 0 Å². The Morgan fingerprint density at radius 1 is 1.35 bits per heavy atom. The normalized spacial score (nSPS) is 10.9. The standard InChI is InChI=1S/C14H23Cl2N3O/c1-4-6-17-13-11(15)9-12(16)14(18-13)19(10(2)3)7-5-8-20/h9-10,20H,4-8H2,1-3H3,(H,17,18). The number of nitrogens with one attached hydrogen (secondary N) is 1. The van der Waals surface area contributed by atoms with Crippen molar-refractivity contribution >= 4 is 34.8 Å². The molecule has 0 saturated heterocycles. The summed E-state index contributed by atoms with van der Waals surface area (Å²) in [6, 6.07) is 1.96. The highest BCUT2D eigenvalue weighted by Crippen LogP contribution is 2.32. The molecule has 0 atom stereocenters. The fraction of sp³-hybridized carbons (Fsp3) is 0.643. The highest BCUT2D eigenvalue weighted by molar-refractivity contribution is 6.37. The third-order valence-corrected chi connectivity index (χ3v) is 3.47. The van der Waals surface area contributed by atoms with E-state index in [2.05, 4.69) is 36.0 Å². The van der Waals surface area contributed by atoms with E-state index in [9.17, 15) is 0 Å². The van der Waals surface area contributed by atoms with Gasteiger partial charge in [-0.3, -0.25) is 0 Å². The van der Waals surface area contributed by atoms with Crippen molar-refractivity contribution < 1.29 is 5.11 Å². The van der Waals surface area contributed by atoms with E-state index in [0.717, 1.165) is 13.0 Å². The first-order chi connectivity index (χ1) is 9.51. The average Bonchev–Trinajstić information content (AvgIpc) is 2.39. The van der Waals surface area contributed by atoms with Crippen molar-refractivity contribution in [3.63, 3.8) is 0 Å². The predicted molar refractivity (Wildman–Crippen MR) is 87.2 cm³/mol. The van der Waals surface area contributed by atoms with E-state index in [-0.39, 0.29) is 12.6 Å². The smallest absolute Gasteiger partial charge is 0.150 e. The summed E-state index contributed by atoms with van der Waals surface area (Å²) in [5, 5.41) is 13.3. The lowest BCUT2D eigenvalue weighted by Crippen LogP contribution is -2.33. The zero-order chi connectivity index (χ0) is 15.1. The van der Waals surface area contributed by atoms with Crippen LogP contribution in [-0.2, 0) is 0 Å². The molecule has 0 bridgehead atoms. The third kappa shape index (κ3) is 4.69.